The van der Waals surface area contributed by atoms with E-state index in [4.69, 9.17) is 0 Å². The Labute approximate surface area is 130 Å². The van der Waals surface area contributed by atoms with Crippen LogP contribution in [0, 0.1) is 11.8 Å². The normalized spacial score (nSPS) is 30.1. The lowest BCUT2D eigenvalue weighted by molar-refractivity contribution is 0.309. The first-order chi connectivity index (χ1) is 10.3. The molecular formula is C20H31N. The van der Waals surface area contributed by atoms with Gasteiger partial charge in [-0.1, -0.05) is 44.5 Å². The average molecular weight is 285 g/mol. The van der Waals surface area contributed by atoms with Crippen LogP contribution < -0.4 is 5.32 Å². The van der Waals surface area contributed by atoms with Gasteiger partial charge in [0.25, 0.3) is 0 Å². The topological polar surface area (TPSA) is 12.0 Å². The highest BCUT2D eigenvalue weighted by Crippen LogP contribution is 2.39. The summed E-state index contributed by atoms with van der Waals surface area (Å²) in [5.74, 6) is 2.64. The van der Waals surface area contributed by atoms with Gasteiger partial charge in [-0.15, -0.1) is 0 Å². The van der Waals surface area contributed by atoms with Crippen LogP contribution in [-0.2, 0) is 6.42 Å². The molecule has 0 amide bonds. The second-order valence-corrected chi connectivity index (χ2v) is 7.37. The maximum absolute atomic E-state index is 3.82. The molecule has 1 fully saturated rings. The number of benzene rings is 1. The first-order valence-electron chi connectivity index (χ1n) is 9.09. The molecule has 3 rings (SSSR count). The largest absolute Gasteiger partial charge is 0.314 e. The van der Waals surface area contributed by atoms with Crippen LogP contribution in [0.1, 0.15) is 69.4 Å². The van der Waals surface area contributed by atoms with Gasteiger partial charge in [0.1, 0.15) is 0 Å². The number of hydrogen-bond donors (Lipinski definition) is 1. The molecule has 0 bridgehead atoms. The molecule has 2 aliphatic rings. The Balaban J connectivity index is 1.71. The van der Waals surface area contributed by atoms with Crippen LogP contribution in [0.2, 0.25) is 0 Å². The van der Waals surface area contributed by atoms with Crippen LogP contribution in [0.3, 0.4) is 0 Å². The SMILES string of the molecule is CCNC(CC1CCCc2ccccc21)C1CCC(C)C1. The Morgan fingerprint density at radius 2 is 2.05 bits per heavy atom. The van der Waals surface area contributed by atoms with E-state index in [2.05, 4.69) is 43.4 Å². The minimum absolute atomic E-state index is 0.733. The van der Waals surface area contributed by atoms with Gasteiger partial charge in [0.2, 0.25) is 0 Å². The number of fused-ring (bicyclic) bond motifs is 1. The van der Waals surface area contributed by atoms with Crippen molar-refractivity contribution in [3.63, 3.8) is 0 Å². The van der Waals surface area contributed by atoms with Gasteiger partial charge in [0, 0.05) is 6.04 Å². The molecule has 1 nitrogen and oxygen atoms in total. The van der Waals surface area contributed by atoms with Crippen molar-refractivity contribution >= 4 is 0 Å². The molecule has 0 spiro atoms. The molecule has 1 aromatic rings. The van der Waals surface area contributed by atoms with Crippen molar-refractivity contribution in [2.24, 2.45) is 11.8 Å². The lowest BCUT2D eigenvalue weighted by Crippen LogP contribution is -2.37. The molecule has 4 atom stereocenters. The van der Waals surface area contributed by atoms with Gasteiger partial charge >= 0.3 is 0 Å². The van der Waals surface area contributed by atoms with Crippen molar-refractivity contribution in [2.45, 2.75) is 70.8 Å². The highest BCUT2D eigenvalue weighted by Gasteiger charge is 2.31. The molecule has 4 unspecified atom stereocenters. The molecule has 0 radical (unpaired) electrons. The third-order valence-electron chi connectivity index (χ3n) is 5.80. The summed E-state index contributed by atoms with van der Waals surface area (Å²) in [6.07, 6.45) is 9.72. The molecule has 0 saturated heterocycles. The molecule has 1 heteroatoms. The second-order valence-electron chi connectivity index (χ2n) is 7.37. The van der Waals surface area contributed by atoms with Crippen LogP contribution >= 0.6 is 0 Å². The van der Waals surface area contributed by atoms with Gasteiger partial charge in [-0.05, 0) is 74.0 Å². The van der Waals surface area contributed by atoms with E-state index in [1.807, 2.05) is 0 Å². The molecule has 1 N–H and O–H groups in total. The Morgan fingerprint density at radius 3 is 2.81 bits per heavy atom. The molecule has 1 saturated carbocycles. The van der Waals surface area contributed by atoms with Crippen LogP contribution in [0.25, 0.3) is 0 Å². The van der Waals surface area contributed by atoms with E-state index in [1.165, 1.54) is 44.9 Å². The third-order valence-corrected chi connectivity index (χ3v) is 5.80. The molecule has 21 heavy (non-hydrogen) atoms. The van der Waals surface area contributed by atoms with E-state index in [0.29, 0.717) is 0 Å². The second kappa shape index (κ2) is 6.96. The maximum Gasteiger partial charge on any atom is 0.0101 e. The number of nitrogens with one attached hydrogen (secondary N) is 1. The monoisotopic (exact) mass is 285 g/mol. The van der Waals surface area contributed by atoms with Crippen LogP contribution in [0.15, 0.2) is 24.3 Å². The van der Waals surface area contributed by atoms with Gasteiger partial charge in [0.15, 0.2) is 0 Å². The zero-order valence-electron chi connectivity index (χ0n) is 13.8. The fraction of sp³-hybridized carbons (Fsp3) is 0.700. The Hall–Kier alpha value is -0.820. The molecule has 1 aromatic carbocycles. The predicted octanol–water partition coefficient (Wildman–Crippen LogP) is 4.91. The summed E-state index contributed by atoms with van der Waals surface area (Å²) >= 11 is 0. The summed E-state index contributed by atoms with van der Waals surface area (Å²) in [6, 6.07) is 9.91. The van der Waals surface area contributed by atoms with Crippen LogP contribution in [-0.4, -0.2) is 12.6 Å². The molecule has 0 aromatic heterocycles. The molecule has 0 heterocycles. The highest BCUT2D eigenvalue weighted by atomic mass is 14.9. The standard InChI is InChI=1S/C20H31N/c1-3-21-20(18-12-11-15(2)13-18)14-17-9-6-8-16-7-4-5-10-19(16)17/h4-5,7,10,15,17-18,20-21H,3,6,8-9,11-14H2,1-2H3. The van der Waals surface area contributed by atoms with E-state index in [-0.39, 0.29) is 0 Å². The summed E-state index contributed by atoms with van der Waals surface area (Å²) in [5, 5.41) is 3.82. The predicted molar refractivity (Wildman–Crippen MR) is 90.7 cm³/mol. The summed E-state index contributed by atoms with van der Waals surface area (Å²) in [7, 11) is 0. The zero-order chi connectivity index (χ0) is 14.7. The van der Waals surface area contributed by atoms with Crippen molar-refractivity contribution in [2.75, 3.05) is 6.54 Å². The zero-order valence-corrected chi connectivity index (χ0v) is 13.8. The average Bonchev–Trinajstić information content (AvgIpc) is 2.94. The number of rotatable bonds is 5. The third kappa shape index (κ3) is 3.51. The quantitative estimate of drug-likeness (QED) is 0.810. The van der Waals surface area contributed by atoms with Crippen molar-refractivity contribution in [3.05, 3.63) is 35.4 Å². The first kappa shape index (κ1) is 15.1. The lowest BCUT2D eigenvalue weighted by Gasteiger charge is -2.32. The highest BCUT2D eigenvalue weighted by molar-refractivity contribution is 5.32. The summed E-state index contributed by atoms with van der Waals surface area (Å²) in [6.45, 7) is 5.81. The van der Waals surface area contributed by atoms with Gasteiger partial charge in [0.05, 0.1) is 0 Å². The Morgan fingerprint density at radius 1 is 1.19 bits per heavy atom. The first-order valence-corrected chi connectivity index (χ1v) is 9.09. The van der Waals surface area contributed by atoms with E-state index in [9.17, 15) is 0 Å². The van der Waals surface area contributed by atoms with Gasteiger partial charge < -0.3 is 5.32 Å². The smallest absolute Gasteiger partial charge is 0.0101 e. The van der Waals surface area contributed by atoms with E-state index >= 15 is 0 Å². The van der Waals surface area contributed by atoms with Gasteiger partial charge in [-0.25, -0.2) is 0 Å². The maximum atomic E-state index is 3.82. The number of aryl methyl sites for hydroxylation is 1. The minimum atomic E-state index is 0.733. The van der Waals surface area contributed by atoms with Crippen LogP contribution in [0.4, 0.5) is 0 Å². The Bertz CT molecular complexity index is 453. The molecule has 2 aliphatic carbocycles. The summed E-state index contributed by atoms with van der Waals surface area (Å²) in [5.41, 5.74) is 3.27. The number of hydrogen-bond acceptors (Lipinski definition) is 1. The van der Waals surface area contributed by atoms with Gasteiger partial charge in [-0.3, -0.25) is 0 Å². The fourth-order valence-electron chi connectivity index (χ4n) is 4.73. The van der Waals surface area contributed by atoms with Crippen molar-refractivity contribution in [1.82, 2.24) is 5.32 Å². The fourth-order valence-corrected chi connectivity index (χ4v) is 4.73. The van der Waals surface area contributed by atoms with E-state index in [1.54, 1.807) is 11.1 Å². The van der Waals surface area contributed by atoms with E-state index < -0.39 is 0 Å². The minimum Gasteiger partial charge on any atom is -0.314 e. The molecule has 116 valence electrons. The van der Waals surface area contributed by atoms with Crippen molar-refractivity contribution < 1.29 is 0 Å². The summed E-state index contributed by atoms with van der Waals surface area (Å²) < 4.78 is 0. The van der Waals surface area contributed by atoms with Crippen molar-refractivity contribution in [1.29, 1.82) is 0 Å². The van der Waals surface area contributed by atoms with Crippen molar-refractivity contribution in [3.8, 4) is 0 Å². The molecular weight excluding hydrogens is 254 g/mol. The molecule has 0 aliphatic heterocycles. The lowest BCUT2D eigenvalue weighted by atomic mass is 9.77. The summed E-state index contributed by atoms with van der Waals surface area (Å²) in [4.78, 5) is 0. The Kier molecular flexibility index (Phi) is 5.00. The van der Waals surface area contributed by atoms with Gasteiger partial charge in [-0.2, -0.15) is 0 Å². The van der Waals surface area contributed by atoms with Crippen LogP contribution in [0.5, 0.6) is 0 Å². The van der Waals surface area contributed by atoms with E-state index in [0.717, 1.165) is 30.3 Å².